The Balaban J connectivity index is 0.00000104. The number of piperidine rings is 1. The first-order chi connectivity index (χ1) is 10.8. The molecule has 1 spiro atoms. The lowest BCUT2D eigenvalue weighted by Crippen LogP contribution is -2.50. The van der Waals surface area contributed by atoms with Gasteiger partial charge >= 0.3 is 0 Å². The number of piperazine rings is 1. The van der Waals surface area contributed by atoms with Crippen molar-refractivity contribution in [1.29, 1.82) is 0 Å². The molecule has 1 unspecified atom stereocenters. The smallest absolute Gasteiger partial charge is 0.226 e. The van der Waals surface area contributed by atoms with E-state index in [0.717, 1.165) is 51.5 Å². The molecule has 134 valence electrons. The molecule has 1 atom stereocenters. The van der Waals surface area contributed by atoms with Gasteiger partial charge in [0, 0.05) is 44.5 Å². The maximum absolute atomic E-state index is 12.7. The van der Waals surface area contributed by atoms with E-state index in [0.29, 0.717) is 11.3 Å². The van der Waals surface area contributed by atoms with Crippen molar-refractivity contribution in [3.05, 3.63) is 18.6 Å². The van der Waals surface area contributed by atoms with Crippen molar-refractivity contribution in [2.45, 2.75) is 19.3 Å². The van der Waals surface area contributed by atoms with Gasteiger partial charge in [0.2, 0.25) is 5.91 Å². The van der Waals surface area contributed by atoms with Gasteiger partial charge in [-0.3, -0.25) is 9.78 Å². The fraction of sp³-hybridized carbons (Fsp3) is 0.688. The summed E-state index contributed by atoms with van der Waals surface area (Å²) in [5.41, 5.74) is 0.338. The largest absolute Gasteiger partial charge is 0.352 e. The van der Waals surface area contributed by atoms with Gasteiger partial charge in [-0.15, -0.1) is 24.8 Å². The molecule has 2 aliphatic heterocycles. The van der Waals surface area contributed by atoms with Crippen molar-refractivity contribution >= 4 is 36.5 Å². The molecule has 1 aromatic rings. The van der Waals surface area contributed by atoms with Crippen LogP contribution in [0.5, 0.6) is 0 Å². The number of carbonyl (C=O) groups is 1. The van der Waals surface area contributed by atoms with E-state index in [1.807, 2.05) is 0 Å². The second-order valence-electron chi connectivity index (χ2n) is 6.75. The molecule has 24 heavy (non-hydrogen) atoms. The van der Waals surface area contributed by atoms with Crippen LogP contribution in [0, 0.1) is 11.3 Å². The molecule has 1 saturated carbocycles. The number of anilines is 1. The van der Waals surface area contributed by atoms with Gasteiger partial charge in [0.25, 0.3) is 0 Å². The topological polar surface area (TPSA) is 61.4 Å². The van der Waals surface area contributed by atoms with Crippen LogP contribution in [-0.2, 0) is 4.79 Å². The maximum Gasteiger partial charge on any atom is 0.226 e. The molecular weight excluding hydrogens is 349 g/mol. The molecule has 1 N–H and O–H groups in total. The van der Waals surface area contributed by atoms with Gasteiger partial charge in [0.1, 0.15) is 5.82 Å². The normalized spacial score (nSPS) is 24.8. The van der Waals surface area contributed by atoms with Crippen LogP contribution in [0.15, 0.2) is 18.6 Å². The molecule has 3 aliphatic rings. The van der Waals surface area contributed by atoms with Crippen molar-refractivity contribution in [2.24, 2.45) is 11.3 Å². The third-order valence-corrected chi connectivity index (χ3v) is 5.55. The summed E-state index contributed by atoms with van der Waals surface area (Å²) in [4.78, 5) is 25.5. The molecule has 0 aromatic carbocycles. The van der Waals surface area contributed by atoms with Crippen LogP contribution in [0.25, 0.3) is 0 Å². The monoisotopic (exact) mass is 373 g/mol. The molecule has 4 rings (SSSR count). The number of amides is 1. The van der Waals surface area contributed by atoms with Gasteiger partial charge in [-0.2, -0.15) is 0 Å². The van der Waals surface area contributed by atoms with Crippen LogP contribution >= 0.6 is 24.8 Å². The average Bonchev–Trinajstić information content (AvgIpc) is 3.29. The Morgan fingerprint density at radius 2 is 1.83 bits per heavy atom. The van der Waals surface area contributed by atoms with Crippen molar-refractivity contribution in [1.82, 2.24) is 20.2 Å². The second-order valence-corrected chi connectivity index (χ2v) is 6.75. The maximum atomic E-state index is 12.7. The molecule has 1 aliphatic carbocycles. The highest BCUT2D eigenvalue weighted by Gasteiger charge is 2.58. The Labute approximate surface area is 155 Å². The zero-order chi connectivity index (χ0) is 15.0. The fourth-order valence-corrected chi connectivity index (χ4v) is 4.00. The molecule has 3 fully saturated rings. The van der Waals surface area contributed by atoms with E-state index >= 15 is 0 Å². The standard InChI is InChI=1S/C16H23N5O.2ClH/c22-15(13-11-16(13)1-3-17-4-2-16)21-9-7-20(8-10-21)14-12-18-5-6-19-14;;/h5-6,12-13,17H,1-4,7-11H2;2*1H. The first kappa shape index (κ1) is 19.2. The van der Waals surface area contributed by atoms with Gasteiger partial charge in [-0.1, -0.05) is 0 Å². The summed E-state index contributed by atoms with van der Waals surface area (Å²) >= 11 is 0. The van der Waals surface area contributed by atoms with Crippen LogP contribution in [0.3, 0.4) is 0 Å². The highest BCUT2D eigenvalue weighted by molar-refractivity contribution is 5.85. The van der Waals surface area contributed by atoms with Crippen molar-refractivity contribution < 1.29 is 4.79 Å². The SMILES string of the molecule is Cl.Cl.O=C(C1CC12CCNCC2)N1CCN(c2cnccn2)CC1. The minimum Gasteiger partial charge on any atom is -0.352 e. The Morgan fingerprint density at radius 1 is 1.12 bits per heavy atom. The molecule has 1 amide bonds. The van der Waals surface area contributed by atoms with Gasteiger partial charge in [0.05, 0.1) is 6.20 Å². The number of aromatic nitrogens is 2. The van der Waals surface area contributed by atoms with E-state index in [-0.39, 0.29) is 30.7 Å². The molecule has 2 saturated heterocycles. The average molecular weight is 374 g/mol. The third-order valence-electron chi connectivity index (χ3n) is 5.55. The molecule has 0 bridgehead atoms. The third kappa shape index (κ3) is 3.60. The van der Waals surface area contributed by atoms with Crippen LogP contribution in [0.2, 0.25) is 0 Å². The van der Waals surface area contributed by atoms with Crippen LogP contribution < -0.4 is 10.2 Å². The van der Waals surface area contributed by atoms with Gasteiger partial charge in [-0.25, -0.2) is 4.98 Å². The van der Waals surface area contributed by atoms with Crippen LogP contribution in [0.4, 0.5) is 5.82 Å². The first-order valence-corrected chi connectivity index (χ1v) is 8.29. The highest BCUT2D eigenvalue weighted by atomic mass is 35.5. The first-order valence-electron chi connectivity index (χ1n) is 8.29. The summed E-state index contributed by atoms with van der Waals surface area (Å²) in [6.45, 7) is 5.46. The summed E-state index contributed by atoms with van der Waals surface area (Å²) in [5.74, 6) is 1.59. The number of halogens is 2. The molecular formula is C16H25Cl2N5O. The zero-order valence-corrected chi connectivity index (χ0v) is 15.3. The number of nitrogens with one attached hydrogen (secondary N) is 1. The molecule has 1 aromatic heterocycles. The minimum atomic E-state index is 0. The number of carbonyl (C=O) groups excluding carboxylic acids is 1. The summed E-state index contributed by atoms with van der Waals surface area (Å²) < 4.78 is 0. The summed E-state index contributed by atoms with van der Waals surface area (Å²) in [5, 5.41) is 3.40. The molecule has 3 heterocycles. The Morgan fingerprint density at radius 3 is 2.46 bits per heavy atom. The van der Waals surface area contributed by atoms with E-state index in [1.165, 1.54) is 12.8 Å². The van der Waals surface area contributed by atoms with E-state index in [9.17, 15) is 4.79 Å². The lowest BCUT2D eigenvalue weighted by Gasteiger charge is -2.36. The Bertz CT molecular complexity index is 545. The number of hydrogen-bond donors (Lipinski definition) is 1. The van der Waals surface area contributed by atoms with Crippen LogP contribution in [-0.4, -0.2) is 60.0 Å². The number of hydrogen-bond acceptors (Lipinski definition) is 5. The summed E-state index contributed by atoms with van der Waals surface area (Å²) in [6.07, 6.45) is 8.65. The number of nitrogens with zero attached hydrogens (tertiary/aromatic N) is 4. The zero-order valence-electron chi connectivity index (χ0n) is 13.7. The fourth-order valence-electron chi connectivity index (χ4n) is 4.00. The summed E-state index contributed by atoms with van der Waals surface area (Å²) in [6, 6.07) is 0. The Kier molecular flexibility index (Phi) is 6.28. The highest BCUT2D eigenvalue weighted by Crippen LogP contribution is 2.59. The Hall–Kier alpha value is -1.11. The van der Waals surface area contributed by atoms with E-state index in [4.69, 9.17) is 0 Å². The lowest BCUT2D eigenvalue weighted by molar-refractivity contribution is -0.133. The quantitative estimate of drug-likeness (QED) is 0.847. The number of rotatable bonds is 2. The predicted molar refractivity (Wildman–Crippen MR) is 98.0 cm³/mol. The van der Waals surface area contributed by atoms with E-state index < -0.39 is 0 Å². The minimum absolute atomic E-state index is 0. The van der Waals surface area contributed by atoms with Crippen molar-refractivity contribution in [2.75, 3.05) is 44.2 Å². The second kappa shape index (κ2) is 7.85. The van der Waals surface area contributed by atoms with Gasteiger partial charge in [-0.05, 0) is 37.8 Å². The molecule has 0 radical (unpaired) electrons. The van der Waals surface area contributed by atoms with Crippen molar-refractivity contribution in [3.63, 3.8) is 0 Å². The summed E-state index contributed by atoms with van der Waals surface area (Å²) in [7, 11) is 0. The van der Waals surface area contributed by atoms with E-state index in [1.54, 1.807) is 18.6 Å². The lowest BCUT2D eigenvalue weighted by atomic mass is 9.91. The van der Waals surface area contributed by atoms with Crippen LogP contribution in [0.1, 0.15) is 19.3 Å². The van der Waals surface area contributed by atoms with Gasteiger partial charge in [0.15, 0.2) is 0 Å². The van der Waals surface area contributed by atoms with E-state index in [2.05, 4.69) is 25.1 Å². The predicted octanol–water partition coefficient (Wildman–Crippen LogP) is 1.36. The molecule has 6 nitrogen and oxygen atoms in total. The van der Waals surface area contributed by atoms with Crippen molar-refractivity contribution in [3.8, 4) is 0 Å². The molecule has 8 heteroatoms. The van der Waals surface area contributed by atoms with Gasteiger partial charge < -0.3 is 15.1 Å².